The van der Waals surface area contributed by atoms with E-state index in [2.05, 4.69) is 9.69 Å². The van der Waals surface area contributed by atoms with Gasteiger partial charge in [0.05, 0.1) is 0 Å². The lowest BCUT2D eigenvalue weighted by atomic mass is 10.1. The van der Waals surface area contributed by atoms with E-state index in [4.69, 9.17) is 5.73 Å². The summed E-state index contributed by atoms with van der Waals surface area (Å²) in [5, 5.41) is 3.25. The molecule has 3 N–H and O–H groups in total. The van der Waals surface area contributed by atoms with Gasteiger partial charge < -0.3 is 10.6 Å². The minimum atomic E-state index is -0.690. The van der Waals surface area contributed by atoms with Gasteiger partial charge >= 0.3 is 6.03 Å². The van der Waals surface area contributed by atoms with Gasteiger partial charge in [-0.15, -0.1) is 0 Å². The normalized spacial score (nSPS) is 10.5. The molecule has 0 spiro atoms. The van der Waals surface area contributed by atoms with Crippen LogP contribution in [0, 0.1) is 12.7 Å². The molecule has 0 aliphatic carbocycles. The highest BCUT2D eigenvalue weighted by molar-refractivity contribution is 7.98. The number of urea groups is 1. The van der Waals surface area contributed by atoms with Crippen LogP contribution in [0.15, 0.2) is 23.2 Å². The molecule has 0 bridgehead atoms. The van der Waals surface area contributed by atoms with Gasteiger partial charge in [-0.25, -0.2) is 9.18 Å². The number of thioether (sulfide) groups is 1. The second-order valence-electron chi connectivity index (χ2n) is 5.22. The number of halogens is 1. The number of aromatic nitrogens is 1. The summed E-state index contributed by atoms with van der Waals surface area (Å²) in [7, 11) is 3.16. The molecular formula is C15H17FN4O2S2. The van der Waals surface area contributed by atoms with Crippen molar-refractivity contribution in [3.05, 3.63) is 40.7 Å². The number of carbonyl (C=O) groups excluding carboxylic acids is 2. The Morgan fingerprint density at radius 3 is 2.75 bits per heavy atom. The maximum absolute atomic E-state index is 14.0. The summed E-state index contributed by atoms with van der Waals surface area (Å²) >= 11 is 2.17. The number of rotatable bonds is 5. The van der Waals surface area contributed by atoms with Crippen LogP contribution in [0.5, 0.6) is 0 Å². The Balaban J connectivity index is 2.21. The van der Waals surface area contributed by atoms with Crippen molar-refractivity contribution >= 4 is 40.2 Å². The first-order valence-electron chi connectivity index (χ1n) is 6.95. The molecular weight excluding hydrogens is 351 g/mol. The second-order valence-corrected chi connectivity index (χ2v) is 6.95. The summed E-state index contributed by atoms with van der Waals surface area (Å²) in [4.78, 5) is 24.8. The van der Waals surface area contributed by atoms with Gasteiger partial charge in [-0.3, -0.25) is 10.1 Å². The monoisotopic (exact) mass is 368 g/mol. The number of nitrogens with zero attached hydrogens (tertiary/aromatic N) is 2. The van der Waals surface area contributed by atoms with Crippen molar-refractivity contribution in [1.29, 1.82) is 0 Å². The largest absolute Gasteiger partial charge is 0.365 e. The van der Waals surface area contributed by atoms with Crippen LogP contribution < -0.4 is 11.1 Å². The minimum absolute atomic E-state index is 0.147. The van der Waals surface area contributed by atoms with Crippen molar-refractivity contribution in [2.75, 3.05) is 19.4 Å². The molecule has 1 heterocycles. The van der Waals surface area contributed by atoms with Crippen molar-refractivity contribution in [3.63, 3.8) is 0 Å². The molecule has 24 heavy (non-hydrogen) atoms. The van der Waals surface area contributed by atoms with Gasteiger partial charge in [0, 0.05) is 19.8 Å². The van der Waals surface area contributed by atoms with Gasteiger partial charge in [-0.2, -0.15) is 4.37 Å². The molecule has 0 saturated carbocycles. The van der Waals surface area contributed by atoms with Crippen molar-refractivity contribution in [2.45, 2.75) is 17.7 Å². The second kappa shape index (κ2) is 7.63. The molecule has 9 heteroatoms. The summed E-state index contributed by atoms with van der Waals surface area (Å²) in [6, 6.07) is 4.76. The van der Waals surface area contributed by atoms with Gasteiger partial charge in [0.15, 0.2) is 0 Å². The summed E-state index contributed by atoms with van der Waals surface area (Å²) in [5.41, 5.74) is 6.63. The van der Waals surface area contributed by atoms with Gasteiger partial charge in [0.25, 0.3) is 5.91 Å². The Morgan fingerprint density at radius 1 is 1.42 bits per heavy atom. The summed E-state index contributed by atoms with van der Waals surface area (Å²) in [6.07, 6.45) is 0. The van der Waals surface area contributed by atoms with E-state index in [0.717, 1.165) is 11.5 Å². The van der Waals surface area contributed by atoms with E-state index in [0.29, 0.717) is 21.9 Å². The lowest BCUT2D eigenvalue weighted by Gasteiger charge is -2.11. The SMILES string of the molecule is Cc1cccc(CSc2nsc(NC(=O)N(C)C)c2C(N)=O)c1F. The molecule has 2 rings (SSSR count). The summed E-state index contributed by atoms with van der Waals surface area (Å²) in [6.45, 7) is 1.69. The average Bonchev–Trinajstić information content (AvgIpc) is 2.91. The fourth-order valence-electron chi connectivity index (χ4n) is 1.85. The number of nitrogens with one attached hydrogen (secondary N) is 1. The van der Waals surface area contributed by atoms with E-state index in [1.165, 1.54) is 16.7 Å². The lowest BCUT2D eigenvalue weighted by molar-refractivity contribution is 0.0998. The van der Waals surface area contributed by atoms with Crippen molar-refractivity contribution in [2.24, 2.45) is 5.73 Å². The Kier molecular flexibility index (Phi) is 5.79. The van der Waals surface area contributed by atoms with Gasteiger partial charge in [0.2, 0.25) is 0 Å². The number of carbonyl (C=O) groups is 2. The maximum atomic E-state index is 14.0. The van der Waals surface area contributed by atoms with Crippen LogP contribution in [-0.4, -0.2) is 35.3 Å². The Hall–Kier alpha value is -2.13. The van der Waals surface area contributed by atoms with Gasteiger partial charge in [-0.1, -0.05) is 30.0 Å². The average molecular weight is 368 g/mol. The molecule has 0 aliphatic rings. The van der Waals surface area contributed by atoms with Crippen molar-refractivity contribution in [3.8, 4) is 0 Å². The number of benzene rings is 1. The maximum Gasteiger partial charge on any atom is 0.321 e. The van der Waals surface area contributed by atoms with Crippen LogP contribution in [0.25, 0.3) is 0 Å². The van der Waals surface area contributed by atoms with Gasteiger partial charge in [-0.05, 0) is 29.6 Å². The predicted octanol–water partition coefficient (Wildman–Crippen LogP) is 3.08. The molecule has 0 atom stereocenters. The van der Waals surface area contributed by atoms with Crippen LogP contribution >= 0.6 is 23.3 Å². The predicted molar refractivity (Wildman–Crippen MR) is 94.0 cm³/mol. The molecule has 6 nitrogen and oxygen atoms in total. The fourth-order valence-corrected chi connectivity index (χ4v) is 3.79. The molecule has 1 aromatic heterocycles. The number of amides is 3. The number of anilines is 1. The first-order valence-corrected chi connectivity index (χ1v) is 8.71. The number of nitrogens with two attached hydrogens (primary N) is 1. The van der Waals surface area contributed by atoms with Crippen molar-refractivity contribution in [1.82, 2.24) is 9.27 Å². The first-order chi connectivity index (χ1) is 11.3. The van der Waals surface area contributed by atoms with Crippen LogP contribution in [0.4, 0.5) is 14.2 Å². The third-order valence-electron chi connectivity index (χ3n) is 3.17. The molecule has 3 amide bonds. The van der Waals surface area contributed by atoms with Crippen LogP contribution in [0.2, 0.25) is 0 Å². The molecule has 0 unspecified atom stereocenters. The summed E-state index contributed by atoms with van der Waals surface area (Å²) < 4.78 is 18.2. The third kappa shape index (κ3) is 4.04. The van der Waals surface area contributed by atoms with E-state index in [1.807, 2.05) is 0 Å². The molecule has 0 radical (unpaired) electrons. The lowest BCUT2D eigenvalue weighted by Crippen LogP contribution is -2.28. The quantitative estimate of drug-likeness (QED) is 0.794. The number of aryl methyl sites for hydroxylation is 1. The Morgan fingerprint density at radius 2 is 2.12 bits per heavy atom. The van der Waals surface area contributed by atoms with E-state index in [1.54, 1.807) is 39.2 Å². The zero-order chi connectivity index (χ0) is 17.9. The first kappa shape index (κ1) is 18.2. The molecule has 0 saturated heterocycles. The topological polar surface area (TPSA) is 88.3 Å². The van der Waals surface area contributed by atoms with Crippen molar-refractivity contribution < 1.29 is 14.0 Å². The Labute approximate surface area is 147 Å². The minimum Gasteiger partial charge on any atom is -0.365 e. The molecule has 0 aliphatic heterocycles. The fraction of sp³-hybridized carbons (Fsp3) is 0.267. The number of hydrogen-bond acceptors (Lipinski definition) is 5. The standard InChI is InChI=1S/C15H17FN4O2S2/c1-8-5-4-6-9(11(8)16)7-23-14-10(12(17)21)13(24-19-14)18-15(22)20(2)3/h4-6H,7H2,1-3H3,(H2,17,21)(H,18,22). The highest BCUT2D eigenvalue weighted by Crippen LogP contribution is 2.34. The Bertz CT molecular complexity index is 777. The number of hydrogen-bond donors (Lipinski definition) is 2. The molecule has 0 fully saturated rings. The molecule has 128 valence electrons. The van der Waals surface area contributed by atoms with Crippen LogP contribution in [0.1, 0.15) is 21.5 Å². The molecule has 2 aromatic rings. The highest BCUT2D eigenvalue weighted by Gasteiger charge is 2.21. The van der Waals surface area contributed by atoms with Crippen LogP contribution in [-0.2, 0) is 5.75 Å². The third-order valence-corrected chi connectivity index (χ3v) is 5.07. The highest BCUT2D eigenvalue weighted by atomic mass is 32.2. The summed E-state index contributed by atoms with van der Waals surface area (Å²) in [5.74, 6) is -0.662. The van der Waals surface area contributed by atoms with E-state index < -0.39 is 5.91 Å². The van der Waals surface area contributed by atoms with E-state index >= 15 is 0 Å². The smallest absolute Gasteiger partial charge is 0.321 e. The van der Waals surface area contributed by atoms with Crippen LogP contribution in [0.3, 0.4) is 0 Å². The van der Waals surface area contributed by atoms with E-state index in [-0.39, 0.29) is 22.4 Å². The van der Waals surface area contributed by atoms with Gasteiger partial charge in [0.1, 0.15) is 21.4 Å². The van der Waals surface area contributed by atoms with E-state index in [9.17, 15) is 14.0 Å². The zero-order valence-electron chi connectivity index (χ0n) is 13.4. The zero-order valence-corrected chi connectivity index (χ0v) is 15.1. The molecule has 1 aromatic carbocycles. The number of primary amides is 1.